The molecule has 170 valence electrons. The highest BCUT2D eigenvalue weighted by Crippen LogP contribution is 2.61. The number of hydrogen-bond acceptors (Lipinski definition) is 7. The molecule has 0 bridgehead atoms. The minimum absolute atomic E-state index is 0.0315. The third kappa shape index (κ3) is 2.80. The molecule has 0 saturated carbocycles. The van der Waals surface area contributed by atoms with Crippen molar-refractivity contribution in [3.63, 3.8) is 0 Å². The molecule has 3 aliphatic heterocycles. The van der Waals surface area contributed by atoms with Crippen LogP contribution in [0, 0.1) is 16.0 Å². The van der Waals surface area contributed by atoms with Gasteiger partial charge >= 0.3 is 0 Å². The zero-order valence-electron chi connectivity index (χ0n) is 18.0. The largest absolute Gasteiger partial charge is 0.324 e. The van der Waals surface area contributed by atoms with Crippen LogP contribution in [-0.4, -0.2) is 44.2 Å². The first kappa shape index (κ1) is 21.0. The SMILES string of the molecule is O=C(c1ccccn1)C1C(c2cccc([N+](=O)[O-])c2)C2CSCN2C12C(=O)Nc1ccccc12. The lowest BCUT2D eigenvalue weighted by molar-refractivity contribution is -0.384. The second-order valence-electron chi connectivity index (χ2n) is 8.74. The summed E-state index contributed by atoms with van der Waals surface area (Å²) in [5.74, 6) is -0.368. The van der Waals surface area contributed by atoms with Crippen molar-refractivity contribution in [2.75, 3.05) is 16.9 Å². The van der Waals surface area contributed by atoms with Crippen LogP contribution in [0.1, 0.15) is 27.5 Å². The van der Waals surface area contributed by atoms with Gasteiger partial charge in [0, 0.05) is 53.2 Å². The van der Waals surface area contributed by atoms with E-state index in [1.54, 1.807) is 48.3 Å². The van der Waals surface area contributed by atoms with Crippen LogP contribution in [0.25, 0.3) is 0 Å². The summed E-state index contributed by atoms with van der Waals surface area (Å²) in [6.45, 7) is 0. The summed E-state index contributed by atoms with van der Waals surface area (Å²) in [7, 11) is 0. The first-order valence-electron chi connectivity index (χ1n) is 11.0. The Labute approximate surface area is 199 Å². The van der Waals surface area contributed by atoms with E-state index in [1.807, 2.05) is 30.3 Å². The lowest BCUT2D eigenvalue weighted by Gasteiger charge is -2.36. The summed E-state index contributed by atoms with van der Waals surface area (Å²) in [5.41, 5.74) is 1.20. The number of nitrogens with one attached hydrogen (secondary N) is 1. The predicted octanol–water partition coefficient (Wildman–Crippen LogP) is 3.81. The van der Waals surface area contributed by atoms with Crippen LogP contribution < -0.4 is 5.32 Å². The molecule has 3 aliphatic rings. The number of ketones is 1. The number of pyridine rings is 1. The summed E-state index contributed by atoms with van der Waals surface area (Å²) in [6, 6.07) is 19.0. The molecule has 1 spiro atoms. The molecule has 4 heterocycles. The molecule has 1 aromatic heterocycles. The van der Waals surface area contributed by atoms with Crippen molar-refractivity contribution in [3.8, 4) is 0 Å². The zero-order valence-corrected chi connectivity index (χ0v) is 18.8. The number of aromatic nitrogens is 1. The Balaban J connectivity index is 1.62. The lowest BCUT2D eigenvalue weighted by Crippen LogP contribution is -2.52. The maximum Gasteiger partial charge on any atom is 0.269 e. The first-order valence-corrected chi connectivity index (χ1v) is 12.1. The molecule has 9 heteroatoms. The van der Waals surface area contributed by atoms with Gasteiger partial charge in [-0.1, -0.05) is 36.4 Å². The Kier molecular flexibility index (Phi) is 4.79. The van der Waals surface area contributed by atoms with Gasteiger partial charge in [-0.3, -0.25) is 29.6 Å². The van der Waals surface area contributed by atoms with Crippen LogP contribution >= 0.6 is 11.8 Å². The van der Waals surface area contributed by atoms with Gasteiger partial charge in [0.05, 0.1) is 10.8 Å². The third-order valence-electron chi connectivity index (χ3n) is 7.19. The van der Waals surface area contributed by atoms with E-state index in [1.165, 1.54) is 6.07 Å². The monoisotopic (exact) mass is 472 g/mol. The van der Waals surface area contributed by atoms with Crippen molar-refractivity contribution < 1.29 is 14.5 Å². The number of thioether (sulfide) groups is 1. The number of non-ortho nitro benzene ring substituents is 1. The Bertz CT molecular complexity index is 1330. The molecule has 8 nitrogen and oxygen atoms in total. The second-order valence-corrected chi connectivity index (χ2v) is 9.74. The van der Waals surface area contributed by atoms with Crippen molar-refractivity contribution >= 4 is 34.8 Å². The highest BCUT2D eigenvalue weighted by atomic mass is 32.2. The average Bonchev–Trinajstić information content (AvgIpc) is 3.52. The Morgan fingerprint density at radius 3 is 2.76 bits per heavy atom. The van der Waals surface area contributed by atoms with Crippen LogP contribution in [0.3, 0.4) is 0 Å². The van der Waals surface area contributed by atoms with Gasteiger partial charge in [-0.25, -0.2) is 0 Å². The topological polar surface area (TPSA) is 105 Å². The molecule has 4 unspecified atom stereocenters. The fourth-order valence-electron chi connectivity index (χ4n) is 5.92. The third-order valence-corrected chi connectivity index (χ3v) is 8.23. The number of nitrogens with zero attached hydrogens (tertiary/aromatic N) is 3. The van der Waals surface area contributed by atoms with Crippen LogP contribution in [0.2, 0.25) is 0 Å². The van der Waals surface area contributed by atoms with Crippen molar-refractivity contribution in [1.29, 1.82) is 0 Å². The molecule has 1 N–H and O–H groups in total. The van der Waals surface area contributed by atoms with E-state index in [0.717, 1.165) is 11.3 Å². The Morgan fingerprint density at radius 1 is 1.15 bits per heavy atom. The molecule has 3 aromatic rings. The maximum atomic E-state index is 14.2. The minimum Gasteiger partial charge on any atom is -0.324 e. The number of Topliss-reactive ketones (excluding diaryl/α,β-unsaturated/α-hetero) is 1. The highest BCUT2D eigenvalue weighted by molar-refractivity contribution is 7.99. The van der Waals surface area contributed by atoms with Crippen molar-refractivity contribution in [1.82, 2.24) is 9.88 Å². The van der Waals surface area contributed by atoms with Crippen molar-refractivity contribution in [2.45, 2.75) is 17.5 Å². The summed E-state index contributed by atoms with van der Waals surface area (Å²) in [4.78, 5) is 45.6. The quantitative estimate of drug-likeness (QED) is 0.350. The molecule has 1 amide bonds. The van der Waals surface area contributed by atoms with E-state index in [9.17, 15) is 19.7 Å². The number of carbonyl (C=O) groups excluding carboxylic acids is 2. The maximum absolute atomic E-state index is 14.2. The number of benzene rings is 2. The number of para-hydroxylation sites is 1. The number of nitro benzene ring substituents is 1. The van der Waals surface area contributed by atoms with Gasteiger partial charge < -0.3 is 5.32 Å². The average molecular weight is 473 g/mol. The van der Waals surface area contributed by atoms with Crippen LogP contribution in [0.5, 0.6) is 0 Å². The summed E-state index contributed by atoms with van der Waals surface area (Å²) >= 11 is 1.71. The van der Waals surface area contributed by atoms with E-state index < -0.39 is 22.3 Å². The van der Waals surface area contributed by atoms with Crippen molar-refractivity contribution in [3.05, 3.63) is 99.9 Å². The number of hydrogen-bond donors (Lipinski definition) is 1. The first-order chi connectivity index (χ1) is 16.5. The predicted molar refractivity (Wildman–Crippen MR) is 128 cm³/mol. The summed E-state index contributed by atoms with van der Waals surface area (Å²) in [5, 5.41) is 14.6. The molecule has 0 aliphatic carbocycles. The van der Waals surface area contributed by atoms with Gasteiger partial charge in [-0.2, -0.15) is 0 Å². The Hall–Kier alpha value is -3.56. The summed E-state index contributed by atoms with van der Waals surface area (Å²) < 4.78 is 0. The smallest absolute Gasteiger partial charge is 0.269 e. The van der Waals surface area contributed by atoms with Gasteiger partial charge in [0.25, 0.3) is 5.69 Å². The molecule has 34 heavy (non-hydrogen) atoms. The number of rotatable bonds is 4. The van der Waals surface area contributed by atoms with Gasteiger partial charge in [-0.05, 0) is 23.8 Å². The summed E-state index contributed by atoms with van der Waals surface area (Å²) in [6.07, 6.45) is 1.57. The van der Waals surface area contributed by atoms with Gasteiger partial charge in [0.15, 0.2) is 5.78 Å². The zero-order chi connectivity index (χ0) is 23.4. The molecular formula is C25H20N4O4S. The highest BCUT2D eigenvalue weighted by Gasteiger charge is 2.69. The van der Waals surface area contributed by atoms with E-state index >= 15 is 0 Å². The van der Waals surface area contributed by atoms with Gasteiger partial charge in [-0.15, -0.1) is 11.8 Å². The number of carbonyl (C=O) groups is 2. The second kappa shape index (κ2) is 7.75. The van der Waals surface area contributed by atoms with Crippen LogP contribution in [0.4, 0.5) is 11.4 Å². The standard InChI is InChI=1S/C25H20N4O4S/c30-23(19-10-3-4-11-26-19)22-21(15-6-5-7-16(12-15)29(32)33)20-13-34-14-28(20)25(22)17-8-1-2-9-18(17)27-24(25)31/h1-12,20-22H,13-14H2,(H,27,31). The molecule has 0 radical (unpaired) electrons. The fourth-order valence-corrected chi connectivity index (χ4v) is 7.24. The molecule has 2 fully saturated rings. The number of amides is 1. The van der Waals surface area contributed by atoms with E-state index in [4.69, 9.17) is 0 Å². The molecular weight excluding hydrogens is 452 g/mol. The molecule has 6 rings (SSSR count). The number of fused-ring (bicyclic) bond motifs is 4. The normalized spacial score (nSPS) is 27.4. The van der Waals surface area contributed by atoms with E-state index in [-0.39, 0.29) is 29.1 Å². The van der Waals surface area contributed by atoms with Crippen LogP contribution in [-0.2, 0) is 10.3 Å². The van der Waals surface area contributed by atoms with Gasteiger partial charge in [0.2, 0.25) is 5.91 Å². The van der Waals surface area contributed by atoms with Gasteiger partial charge in [0.1, 0.15) is 11.2 Å². The van der Waals surface area contributed by atoms with E-state index in [0.29, 0.717) is 17.1 Å². The number of nitro groups is 1. The lowest BCUT2D eigenvalue weighted by atomic mass is 9.70. The van der Waals surface area contributed by atoms with Crippen LogP contribution in [0.15, 0.2) is 72.9 Å². The number of anilines is 1. The van der Waals surface area contributed by atoms with Crippen molar-refractivity contribution in [2.24, 2.45) is 5.92 Å². The fraction of sp³-hybridized carbons (Fsp3) is 0.240. The van der Waals surface area contributed by atoms with E-state index in [2.05, 4.69) is 15.2 Å². The molecule has 2 aromatic carbocycles. The Morgan fingerprint density at radius 2 is 1.97 bits per heavy atom. The molecule has 4 atom stereocenters. The minimum atomic E-state index is -1.21. The molecule has 2 saturated heterocycles.